The molecule has 0 bridgehead atoms. The summed E-state index contributed by atoms with van der Waals surface area (Å²) in [6, 6.07) is 0. The lowest BCUT2D eigenvalue weighted by molar-refractivity contribution is -0.152. The SMILES string of the molecule is CC1(C)CN(C(=O)C2CCCCC2CN)CCO1. The summed E-state index contributed by atoms with van der Waals surface area (Å²) in [5.41, 5.74) is 5.61. The summed E-state index contributed by atoms with van der Waals surface area (Å²) in [7, 11) is 0. The number of hydrogen-bond donors (Lipinski definition) is 1. The third-order valence-electron chi connectivity index (χ3n) is 4.27. The number of amides is 1. The highest BCUT2D eigenvalue weighted by Gasteiger charge is 2.36. The van der Waals surface area contributed by atoms with E-state index in [1.807, 2.05) is 18.7 Å². The fourth-order valence-corrected chi connectivity index (χ4v) is 3.25. The van der Waals surface area contributed by atoms with E-state index in [9.17, 15) is 4.79 Å². The quantitative estimate of drug-likeness (QED) is 0.810. The molecule has 2 N–H and O–H groups in total. The van der Waals surface area contributed by atoms with Gasteiger partial charge in [0.15, 0.2) is 0 Å². The lowest BCUT2D eigenvalue weighted by atomic mass is 9.78. The van der Waals surface area contributed by atoms with Gasteiger partial charge in [0.2, 0.25) is 5.91 Å². The second-order valence-electron chi connectivity index (χ2n) is 6.25. The van der Waals surface area contributed by atoms with E-state index >= 15 is 0 Å². The topological polar surface area (TPSA) is 55.6 Å². The molecule has 4 nitrogen and oxygen atoms in total. The van der Waals surface area contributed by atoms with Crippen molar-refractivity contribution in [3.63, 3.8) is 0 Å². The average Bonchev–Trinajstić information content (AvgIpc) is 2.36. The molecule has 0 aromatic carbocycles. The number of carbonyl (C=O) groups excluding carboxylic acids is 1. The Hall–Kier alpha value is -0.610. The molecule has 0 aromatic heterocycles. The molecule has 104 valence electrons. The summed E-state index contributed by atoms with van der Waals surface area (Å²) in [6.45, 7) is 6.83. The van der Waals surface area contributed by atoms with Gasteiger partial charge in [0.05, 0.1) is 12.2 Å². The molecule has 1 amide bonds. The largest absolute Gasteiger partial charge is 0.372 e. The minimum Gasteiger partial charge on any atom is -0.372 e. The molecule has 1 aliphatic heterocycles. The van der Waals surface area contributed by atoms with Crippen LogP contribution in [0.3, 0.4) is 0 Å². The Labute approximate surface area is 110 Å². The highest BCUT2D eigenvalue weighted by molar-refractivity contribution is 5.79. The Kier molecular flexibility index (Phi) is 4.28. The van der Waals surface area contributed by atoms with E-state index in [-0.39, 0.29) is 11.5 Å². The van der Waals surface area contributed by atoms with Crippen molar-refractivity contribution in [2.75, 3.05) is 26.2 Å². The van der Waals surface area contributed by atoms with Gasteiger partial charge in [-0.05, 0) is 39.2 Å². The van der Waals surface area contributed by atoms with Crippen molar-refractivity contribution in [2.24, 2.45) is 17.6 Å². The van der Waals surface area contributed by atoms with Gasteiger partial charge in [0, 0.05) is 19.0 Å². The minimum atomic E-state index is -0.208. The van der Waals surface area contributed by atoms with E-state index in [0.29, 0.717) is 31.5 Å². The average molecular weight is 254 g/mol. The molecule has 2 rings (SSSR count). The molecule has 2 unspecified atom stereocenters. The van der Waals surface area contributed by atoms with Crippen LogP contribution in [0.25, 0.3) is 0 Å². The first-order chi connectivity index (χ1) is 8.53. The summed E-state index contributed by atoms with van der Waals surface area (Å²) in [6.07, 6.45) is 4.51. The van der Waals surface area contributed by atoms with Crippen molar-refractivity contribution in [3.05, 3.63) is 0 Å². The lowest BCUT2D eigenvalue weighted by Gasteiger charge is -2.41. The number of nitrogens with zero attached hydrogens (tertiary/aromatic N) is 1. The number of carbonyl (C=O) groups is 1. The first-order valence-corrected chi connectivity index (χ1v) is 7.16. The van der Waals surface area contributed by atoms with Crippen molar-refractivity contribution in [1.82, 2.24) is 4.90 Å². The van der Waals surface area contributed by atoms with Crippen LogP contribution in [0, 0.1) is 11.8 Å². The maximum atomic E-state index is 12.6. The Balaban J connectivity index is 2.01. The molecule has 18 heavy (non-hydrogen) atoms. The normalized spacial score (nSPS) is 32.3. The third-order valence-corrected chi connectivity index (χ3v) is 4.27. The molecule has 2 atom stereocenters. The molecule has 0 aromatic rings. The zero-order chi connectivity index (χ0) is 13.2. The van der Waals surface area contributed by atoms with Crippen LogP contribution in [-0.2, 0) is 9.53 Å². The molecular formula is C14H26N2O2. The highest BCUT2D eigenvalue weighted by Crippen LogP contribution is 2.31. The Morgan fingerprint density at radius 2 is 2.11 bits per heavy atom. The van der Waals surface area contributed by atoms with Crippen molar-refractivity contribution in [3.8, 4) is 0 Å². The highest BCUT2D eigenvalue weighted by atomic mass is 16.5. The lowest BCUT2D eigenvalue weighted by Crippen LogP contribution is -2.53. The number of rotatable bonds is 2. The second kappa shape index (κ2) is 5.57. The van der Waals surface area contributed by atoms with Crippen LogP contribution in [0.2, 0.25) is 0 Å². The number of nitrogens with two attached hydrogens (primary N) is 1. The van der Waals surface area contributed by atoms with Crippen molar-refractivity contribution >= 4 is 5.91 Å². The fraction of sp³-hybridized carbons (Fsp3) is 0.929. The Bertz CT molecular complexity index is 304. The van der Waals surface area contributed by atoms with Crippen molar-refractivity contribution in [1.29, 1.82) is 0 Å². The molecule has 1 aliphatic carbocycles. The summed E-state index contributed by atoms with van der Waals surface area (Å²) in [4.78, 5) is 14.6. The molecule has 2 aliphatic rings. The van der Waals surface area contributed by atoms with Gasteiger partial charge in [-0.3, -0.25) is 4.79 Å². The maximum absolute atomic E-state index is 12.6. The van der Waals surface area contributed by atoms with Gasteiger partial charge in [0.1, 0.15) is 0 Å². The van der Waals surface area contributed by atoms with Crippen LogP contribution in [0.4, 0.5) is 0 Å². The van der Waals surface area contributed by atoms with Gasteiger partial charge in [0.25, 0.3) is 0 Å². The van der Waals surface area contributed by atoms with Gasteiger partial charge in [-0.2, -0.15) is 0 Å². The molecule has 0 radical (unpaired) electrons. The van der Waals surface area contributed by atoms with Crippen LogP contribution in [0.15, 0.2) is 0 Å². The Morgan fingerprint density at radius 3 is 2.78 bits per heavy atom. The monoisotopic (exact) mass is 254 g/mol. The van der Waals surface area contributed by atoms with E-state index in [1.54, 1.807) is 0 Å². The zero-order valence-corrected chi connectivity index (χ0v) is 11.7. The summed E-state index contributed by atoms with van der Waals surface area (Å²) >= 11 is 0. The summed E-state index contributed by atoms with van der Waals surface area (Å²) in [5.74, 6) is 0.844. The fourth-order valence-electron chi connectivity index (χ4n) is 3.25. The first-order valence-electron chi connectivity index (χ1n) is 7.16. The molecule has 1 saturated carbocycles. The van der Waals surface area contributed by atoms with Crippen LogP contribution in [0.5, 0.6) is 0 Å². The maximum Gasteiger partial charge on any atom is 0.226 e. The Morgan fingerprint density at radius 1 is 1.39 bits per heavy atom. The second-order valence-corrected chi connectivity index (χ2v) is 6.25. The molecular weight excluding hydrogens is 228 g/mol. The zero-order valence-electron chi connectivity index (χ0n) is 11.7. The van der Waals surface area contributed by atoms with Crippen LogP contribution < -0.4 is 5.73 Å². The summed E-state index contributed by atoms with van der Waals surface area (Å²) < 4.78 is 5.67. The number of ether oxygens (including phenoxy) is 1. The van der Waals surface area contributed by atoms with Crippen molar-refractivity contribution < 1.29 is 9.53 Å². The van der Waals surface area contributed by atoms with Gasteiger partial charge < -0.3 is 15.4 Å². The molecule has 4 heteroatoms. The first kappa shape index (κ1) is 13.8. The molecule has 0 spiro atoms. The molecule has 1 heterocycles. The predicted octanol–water partition coefficient (Wildman–Crippen LogP) is 1.39. The van der Waals surface area contributed by atoms with Gasteiger partial charge >= 0.3 is 0 Å². The molecule has 2 fully saturated rings. The van der Waals surface area contributed by atoms with E-state index in [2.05, 4.69) is 0 Å². The van der Waals surface area contributed by atoms with Crippen LogP contribution >= 0.6 is 0 Å². The van der Waals surface area contributed by atoms with Crippen LogP contribution in [-0.4, -0.2) is 42.6 Å². The van der Waals surface area contributed by atoms with Gasteiger partial charge in [-0.15, -0.1) is 0 Å². The minimum absolute atomic E-state index is 0.151. The van der Waals surface area contributed by atoms with E-state index < -0.39 is 0 Å². The van der Waals surface area contributed by atoms with Crippen LogP contribution in [0.1, 0.15) is 39.5 Å². The van der Waals surface area contributed by atoms with Gasteiger partial charge in [-0.25, -0.2) is 0 Å². The van der Waals surface area contributed by atoms with E-state index in [4.69, 9.17) is 10.5 Å². The number of morpholine rings is 1. The number of hydrogen-bond acceptors (Lipinski definition) is 3. The smallest absolute Gasteiger partial charge is 0.226 e. The molecule has 1 saturated heterocycles. The predicted molar refractivity (Wildman–Crippen MR) is 71.1 cm³/mol. The van der Waals surface area contributed by atoms with E-state index in [0.717, 1.165) is 19.4 Å². The van der Waals surface area contributed by atoms with Crippen molar-refractivity contribution in [2.45, 2.75) is 45.1 Å². The summed E-state index contributed by atoms with van der Waals surface area (Å²) in [5, 5.41) is 0. The third kappa shape index (κ3) is 3.04. The van der Waals surface area contributed by atoms with Gasteiger partial charge in [-0.1, -0.05) is 12.8 Å². The van der Waals surface area contributed by atoms with E-state index in [1.165, 1.54) is 12.8 Å². The standard InChI is InChI=1S/C14H26N2O2/c1-14(2)10-16(7-8-18-14)13(17)12-6-4-3-5-11(12)9-15/h11-12H,3-10,15H2,1-2H3.